The van der Waals surface area contributed by atoms with E-state index in [2.05, 4.69) is 26.5 Å². The molecule has 0 unspecified atom stereocenters. The monoisotopic (exact) mass is 310 g/mol. The van der Waals surface area contributed by atoms with E-state index in [4.69, 9.17) is 4.42 Å². The lowest BCUT2D eigenvalue weighted by atomic mass is 10.1. The summed E-state index contributed by atoms with van der Waals surface area (Å²) in [6, 6.07) is 7.90. The average Bonchev–Trinajstić information content (AvgIpc) is 3.00. The number of fused-ring (bicyclic) bond motifs is 1. The lowest BCUT2D eigenvalue weighted by molar-refractivity contribution is 0.561. The van der Waals surface area contributed by atoms with E-state index in [9.17, 15) is 4.79 Å². The van der Waals surface area contributed by atoms with Crippen molar-refractivity contribution < 1.29 is 4.42 Å². The van der Waals surface area contributed by atoms with Crippen molar-refractivity contribution in [2.45, 2.75) is 6.92 Å². The van der Waals surface area contributed by atoms with Crippen LogP contribution < -0.4 is 15.8 Å². The van der Waals surface area contributed by atoms with Gasteiger partial charge in [-0.25, -0.2) is 4.79 Å². The third kappa shape index (κ3) is 2.51. The number of nitrogens with one attached hydrogen (secondary N) is 2. The van der Waals surface area contributed by atoms with E-state index in [-0.39, 0.29) is 5.63 Å². The third-order valence-corrected chi connectivity index (χ3v) is 4.30. The molecule has 2 aromatic heterocycles. The van der Waals surface area contributed by atoms with E-state index in [1.807, 2.05) is 25.1 Å². The Morgan fingerprint density at radius 1 is 1.22 bits per heavy atom. The van der Waals surface area contributed by atoms with Crippen LogP contribution in [0.2, 0.25) is 0 Å². The highest BCUT2D eigenvalue weighted by Crippen LogP contribution is 2.25. The minimum atomic E-state index is -0.345. The van der Waals surface area contributed by atoms with Crippen LogP contribution >= 0.6 is 0 Å². The van der Waals surface area contributed by atoms with Gasteiger partial charge in [-0.15, -0.1) is 0 Å². The fourth-order valence-corrected chi connectivity index (χ4v) is 3.01. The first kappa shape index (κ1) is 14.0. The van der Waals surface area contributed by atoms with Crippen LogP contribution in [0.4, 0.5) is 5.69 Å². The molecule has 1 aromatic carbocycles. The first-order chi connectivity index (χ1) is 11.2. The number of rotatable bonds is 2. The molecule has 6 heteroatoms. The number of hydrogen-bond donors (Lipinski definition) is 2. The summed E-state index contributed by atoms with van der Waals surface area (Å²) in [6.07, 6.45) is 1.70. The molecular weight excluding hydrogens is 292 g/mol. The first-order valence-electron chi connectivity index (χ1n) is 7.76. The number of H-pyrrole nitrogens is 1. The van der Waals surface area contributed by atoms with E-state index < -0.39 is 0 Å². The SMILES string of the molecule is Cc1cn[nH]c1-c1cc2ccc(N3CCNCC3)cc2oc1=O. The van der Waals surface area contributed by atoms with Crippen LogP contribution in [0.15, 0.2) is 39.7 Å². The number of anilines is 1. The Hall–Kier alpha value is -2.60. The van der Waals surface area contributed by atoms with Crippen molar-refractivity contribution in [1.82, 2.24) is 15.5 Å². The lowest BCUT2D eigenvalue weighted by Crippen LogP contribution is -2.43. The standard InChI is InChI=1S/C17H18N4O2/c1-11-10-19-20-16(11)14-8-12-2-3-13(9-15(12)23-17(14)22)21-6-4-18-5-7-21/h2-3,8-10,18H,4-7H2,1H3,(H,19,20). The molecule has 4 rings (SSSR count). The summed E-state index contributed by atoms with van der Waals surface area (Å²) >= 11 is 0. The maximum Gasteiger partial charge on any atom is 0.345 e. The first-order valence-corrected chi connectivity index (χ1v) is 7.76. The quantitative estimate of drug-likeness (QED) is 0.707. The van der Waals surface area contributed by atoms with Crippen LogP contribution in [0.5, 0.6) is 0 Å². The molecule has 0 aliphatic carbocycles. The number of nitrogens with zero attached hydrogens (tertiary/aromatic N) is 2. The molecule has 2 N–H and O–H groups in total. The van der Waals surface area contributed by atoms with Crippen LogP contribution in [0.25, 0.3) is 22.2 Å². The summed E-state index contributed by atoms with van der Waals surface area (Å²) in [7, 11) is 0. The van der Waals surface area contributed by atoms with Gasteiger partial charge in [0.1, 0.15) is 5.58 Å². The van der Waals surface area contributed by atoms with Crippen LogP contribution in [0, 0.1) is 6.92 Å². The molecule has 118 valence electrons. The molecular formula is C17H18N4O2. The van der Waals surface area contributed by atoms with Gasteiger partial charge < -0.3 is 14.6 Å². The Bertz CT molecular complexity index is 906. The molecule has 1 aliphatic rings. The van der Waals surface area contributed by atoms with Gasteiger partial charge in [-0.3, -0.25) is 5.10 Å². The van der Waals surface area contributed by atoms with Gasteiger partial charge in [0.25, 0.3) is 0 Å². The zero-order valence-electron chi connectivity index (χ0n) is 12.9. The smallest absolute Gasteiger partial charge is 0.345 e. The highest BCUT2D eigenvalue weighted by atomic mass is 16.4. The van der Waals surface area contributed by atoms with Crippen molar-refractivity contribution in [2.75, 3.05) is 31.1 Å². The van der Waals surface area contributed by atoms with Gasteiger partial charge in [0.2, 0.25) is 0 Å². The van der Waals surface area contributed by atoms with E-state index in [0.717, 1.165) is 42.8 Å². The maximum atomic E-state index is 12.3. The maximum absolute atomic E-state index is 12.3. The molecule has 1 saturated heterocycles. The molecule has 1 fully saturated rings. The molecule has 0 spiro atoms. The Kier molecular flexibility index (Phi) is 3.38. The zero-order valence-corrected chi connectivity index (χ0v) is 12.9. The number of aryl methyl sites for hydroxylation is 1. The van der Waals surface area contributed by atoms with Crippen molar-refractivity contribution in [3.63, 3.8) is 0 Å². The van der Waals surface area contributed by atoms with Crippen molar-refractivity contribution in [2.24, 2.45) is 0 Å². The van der Waals surface area contributed by atoms with Gasteiger partial charge in [-0.05, 0) is 30.7 Å². The fraction of sp³-hybridized carbons (Fsp3) is 0.294. The van der Waals surface area contributed by atoms with Gasteiger partial charge in [-0.2, -0.15) is 5.10 Å². The highest BCUT2D eigenvalue weighted by molar-refractivity contribution is 5.84. The Balaban J connectivity index is 1.79. The van der Waals surface area contributed by atoms with Crippen molar-refractivity contribution >= 4 is 16.7 Å². The summed E-state index contributed by atoms with van der Waals surface area (Å²) in [6.45, 7) is 5.78. The number of aromatic amines is 1. The molecule has 0 atom stereocenters. The molecule has 0 saturated carbocycles. The minimum absolute atomic E-state index is 0.345. The van der Waals surface area contributed by atoms with Gasteiger partial charge in [0.05, 0.1) is 17.5 Å². The number of piperazine rings is 1. The minimum Gasteiger partial charge on any atom is -0.422 e. The van der Waals surface area contributed by atoms with Crippen LogP contribution in [0.1, 0.15) is 5.56 Å². The Labute approximate surface area is 133 Å². The molecule has 1 aliphatic heterocycles. The van der Waals surface area contributed by atoms with Crippen molar-refractivity contribution in [3.8, 4) is 11.3 Å². The second kappa shape index (κ2) is 5.55. The van der Waals surface area contributed by atoms with Gasteiger partial charge in [0.15, 0.2) is 0 Å². The number of hydrogen-bond acceptors (Lipinski definition) is 5. The average molecular weight is 310 g/mol. The molecule has 0 amide bonds. The van der Waals surface area contributed by atoms with Crippen LogP contribution in [-0.4, -0.2) is 36.4 Å². The second-order valence-electron chi connectivity index (χ2n) is 5.83. The molecule has 23 heavy (non-hydrogen) atoms. The molecule has 3 aromatic rings. The molecule has 6 nitrogen and oxygen atoms in total. The summed E-state index contributed by atoms with van der Waals surface area (Å²) < 4.78 is 5.56. The number of aromatic nitrogens is 2. The van der Waals surface area contributed by atoms with Gasteiger partial charge in [-0.1, -0.05) is 0 Å². The van der Waals surface area contributed by atoms with Gasteiger partial charge >= 0.3 is 5.63 Å². The summed E-state index contributed by atoms with van der Waals surface area (Å²) in [4.78, 5) is 14.6. The lowest BCUT2D eigenvalue weighted by Gasteiger charge is -2.29. The number of benzene rings is 1. The fourth-order valence-electron chi connectivity index (χ4n) is 3.01. The third-order valence-electron chi connectivity index (χ3n) is 4.30. The Morgan fingerprint density at radius 3 is 2.78 bits per heavy atom. The summed E-state index contributed by atoms with van der Waals surface area (Å²) in [5.41, 5.74) is 3.52. The van der Waals surface area contributed by atoms with E-state index >= 15 is 0 Å². The predicted octanol–water partition coefficient (Wildman–Crippen LogP) is 1.90. The van der Waals surface area contributed by atoms with Crippen LogP contribution in [0.3, 0.4) is 0 Å². The molecule has 3 heterocycles. The predicted molar refractivity (Wildman–Crippen MR) is 89.9 cm³/mol. The normalized spacial score (nSPS) is 15.3. The topological polar surface area (TPSA) is 74.2 Å². The molecule has 0 bridgehead atoms. The van der Waals surface area contributed by atoms with Crippen LogP contribution in [-0.2, 0) is 0 Å². The van der Waals surface area contributed by atoms with Crippen molar-refractivity contribution in [1.29, 1.82) is 0 Å². The second-order valence-corrected chi connectivity index (χ2v) is 5.83. The van der Waals surface area contributed by atoms with E-state index in [0.29, 0.717) is 16.8 Å². The summed E-state index contributed by atoms with van der Waals surface area (Å²) in [5, 5.41) is 11.1. The van der Waals surface area contributed by atoms with Gasteiger partial charge in [0, 0.05) is 43.3 Å². The van der Waals surface area contributed by atoms with Crippen molar-refractivity contribution in [3.05, 3.63) is 46.4 Å². The van der Waals surface area contributed by atoms with E-state index in [1.165, 1.54) is 0 Å². The highest BCUT2D eigenvalue weighted by Gasteiger charge is 2.14. The zero-order chi connectivity index (χ0) is 15.8. The Morgan fingerprint density at radius 2 is 2.04 bits per heavy atom. The largest absolute Gasteiger partial charge is 0.422 e. The van der Waals surface area contributed by atoms with E-state index in [1.54, 1.807) is 6.20 Å². The summed E-state index contributed by atoms with van der Waals surface area (Å²) in [5.74, 6) is 0. The molecule has 0 radical (unpaired) electrons.